The summed E-state index contributed by atoms with van der Waals surface area (Å²) >= 11 is 0. The molecule has 1 N–H and O–H groups in total. The fraction of sp³-hybridized carbons (Fsp3) is 0.375. The van der Waals surface area contributed by atoms with E-state index in [4.69, 9.17) is 0 Å². The van der Waals surface area contributed by atoms with Crippen molar-refractivity contribution in [2.24, 2.45) is 5.92 Å². The Morgan fingerprint density at radius 3 is 2.79 bits per heavy atom. The number of benzene rings is 1. The highest BCUT2D eigenvalue weighted by Gasteiger charge is 2.53. The number of anilines is 1. The van der Waals surface area contributed by atoms with E-state index in [-0.39, 0.29) is 5.82 Å². The maximum Gasteiger partial charge on any atom is 0.411 e. The molecule has 2 heterocycles. The second-order valence-corrected chi connectivity index (χ2v) is 6.16. The number of rotatable bonds is 1. The Kier molecular flexibility index (Phi) is 3.13. The number of nitrogens with one attached hydrogen (secondary N) is 1. The van der Waals surface area contributed by atoms with Crippen molar-refractivity contribution in [1.82, 2.24) is 9.78 Å². The van der Waals surface area contributed by atoms with Crippen LogP contribution in [-0.4, -0.2) is 21.9 Å². The number of nitrogens with zero attached hydrogens (tertiary/aromatic N) is 2. The van der Waals surface area contributed by atoms with Crippen LogP contribution in [0.15, 0.2) is 30.3 Å². The van der Waals surface area contributed by atoms with Gasteiger partial charge in [0.15, 0.2) is 6.04 Å². The third-order valence-corrected chi connectivity index (χ3v) is 4.82. The maximum absolute atomic E-state index is 13.7. The number of carbonyl (C=O) groups excluding carboxylic acids is 1. The normalized spacial score (nSPS) is 25.2. The standard InChI is InChI=1S/C16H14F3N3O2/c17-16(18,19)14-10-6-5-8-3-1-2-4-9(8)13(10)20-12-7-11(15(23)24)21-22(12)14/h1-4,7,10,13-14,20H,5-6H2,(H,23,24)/p-1/t10-,13-,14+/m1/s1. The minimum Gasteiger partial charge on any atom is -0.543 e. The number of carboxylic acid groups (broad SMARTS) is 1. The molecule has 0 amide bonds. The molecular weight excluding hydrogens is 323 g/mol. The van der Waals surface area contributed by atoms with Crippen molar-refractivity contribution in [3.63, 3.8) is 0 Å². The van der Waals surface area contributed by atoms with Crippen LogP contribution in [0.4, 0.5) is 19.0 Å². The first kappa shape index (κ1) is 15.0. The third kappa shape index (κ3) is 2.16. The fourth-order valence-corrected chi connectivity index (χ4v) is 3.85. The van der Waals surface area contributed by atoms with Gasteiger partial charge in [0.2, 0.25) is 0 Å². The Bertz CT molecular complexity index is 815. The molecule has 5 nitrogen and oxygen atoms in total. The van der Waals surface area contributed by atoms with E-state index in [0.717, 1.165) is 21.9 Å². The molecule has 0 unspecified atom stereocenters. The molecule has 8 heteroatoms. The molecule has 126 valence electrons. The van der Waals surface area contributed by atoms with Crippen LogP contribution < -0.4 is 10.4 Å². The number of hydrogen-bond donors (Lipinski definition) is 1. The number of carbonyl (C=O) groups is 1. The van der Waals surface area contributed by atoms with Gasteiger partial charge < -0.3 is 15.2 Å². The Labute approximate surface area is 135 Å². The van der Waals surface area contributed by atoms with Crippen molar-refractivity contribution in [2.45, 2.75) is 31.1 Å². The van der Waals surface area contributed by atoms with Crippen LogP contribution in [0.1, 0.15) is 40.1 Å². The van der Waals surface area contributed by atoms with Gasteiger partial charge in [0.05, 0.1) is 12.0 Å². The average molecular weight is 336 g/mol. The summed E-state index contributed by atoms with van der Waals surface area (Å²) in [5.41, 5.74) is 1.34. The van der Waals surface area contributed by atoms with E-state index in [9.17, 15) is 23.1 Å². The first-order valence-corrected chi connectivity index (χ1v) is 7.58. The van der Waals surface area contributed by atoms with E-state index in [1.807, 2.05) is 18.2 Å². The molecule has 0 saturated heterocycles. The predicted octanol–water partition coefficient (Wildman–Crippen LogP) is 2.08. The molecule has 1 aromatic heterocycles. The van der Waals surface area contributed by atoms with Crippen LogP contribution in [0.5, 0.6) is 0 Å². The van der Waals surface area contributed by atoms with Crippen molar-refractivity contribution < 1.29 is 23.1 Å². The van der Waals surface area contributed by atoms with Crippen LogP contribution in [0.3, 0.4) is 0 Å². The number of aryl methyl sites for hydroxylation is 1. The van der Waals surface area contributed by atoms with Crippen LogP contribution in [0.25, 0.3) is 0 Å². The van der Waals surface area contributed by atoms with Gasteiger partial charge in [-0.05, 0) is 24.0 Å². The largest absolute Gasteiger partial charge is 0.543 e. The summed E-state index contributed by atoms with van der Waals surface area (Å²) in [7, 11) is 0. The first-order valence-electron chi connectivity index (χ1n) is 7.58. The Morgan fingerprint density at radius 2 is 2.08 bits per heavy atom. The van der Waals surface area contributed by atoms with Crippen molar-refractivity contribution in [3.8, 4) is 0 Å². The maximum atomic E-state index is 13.7. The highest BCUT2D eigenvalue weighted by Crippen LogP contribution is 2.51. The molecule has 1 aromatic carbocycles. The smallest absolute Gasteiger partial charge is 0.411 e. The van der Waals surface area contributed by atoms with E-state index in [2.05, 4.69) is 10.4 Å². The van der Waals surface area contributed by atoms with Gasteiger partial charge in [-0.25, -0.2) is 4.68 Å². The summed E-state index contributed by atoms with van der Waals surface area (Å²) < 4.78 is 41.9. The van der Waals surface area contributed by atoms with Crippen LogP contribution >= 0.6 is 0 Å². The molecule has 0 spiro atoms. The van der Waals surface area contributed by atoms with Gasteiger partial charge in [-0.15, -0.1) is 0 Å². The molecule has 0 fully saturated rings. The molecule has 0 bridgehead atoms. The second kappa shape index (κ2) is 4.99. The lowest BCUT2D eigenvalue weighted by Gasteiger charge is -2.43. The number of alkyl halides is 3. The summed E-state index contributed by atoms with van der Waals surface area (Å²) in [5.74, 6) is -2.29. The van der Waals surface area contributed by atoms with Crippen molar-refractivity contribution >= 4 is 11.8 Å². The quantitative estimate of drug-likeness (QED) is 0.866. The third-order valence-electron chi connectivity index (χ3n) is 4.82. The molecule has 2 aliphatic rings. The van der Waals surface area contributed by atoms with E-state index >= 15 is 0 Å². The highest BCUT2D eigenvalue weighted by atomic mass is 19.4. The van der Waals surface area contributed by atoms with Gasteiger partial charge in [0.25, 0.3) is 0 Å². The minimum absolute atomic E-state index is 0.0504. The van der Waals surface area contributed by atoms with Gasteiger partial charge in [0.1, 0.15) is 11.5 Å². The molecule has 4 rings (SSSR count). The number of fused-ring (bicyclic) bond motifs is 4. The summed E-state index contributed by atoms with van der Waals surface area (Å²) in [6.45, 7) is 0. The molecule has 3 atom stereocenters. The van der Waals surface area contributed by atoms with Crippen molar-refractivity contribution in [3.05, 3.63) is 47.2 Å². The molecule has 0 radical (unpaired) electrons. The summed E-state index contributed by atoms with van der Waals surface area (Å²) in [6, 6.07) is 6.10. The zero-order valence-corrected chi connectivity index (χ0v) is 12.4. The molecule has 2 aromatic rings. The second-order valence-electron chi connectivity index (χ2n) is 6.16. The lowest BCUT2D eigenvalue weighted by molar-refractivity contribution is -0.255. The SMILES string of the molecule is O=C([O-])c1cc2n(n1)[C@H](C(F)(F)F)[C@@H]1CCc3ccccc3[C@H]1N2. The molecule has 1 aliphatic carbocycles. The first-order chi connectivity index (χ1) is 11.4. The Morgan fingerprint density at radius 1 is 1.33 bits per heavy atom. The lowest BCUT2D eigenvalue weighted by Crippen LogP contribution is -2.45. The van der Waals surface area contributed by atoms with Crippen LogP contribution in [-0.2, 0) is 6.42 Å². The van der Waals surface area contributed by atoms with Crippen LogP contribution in [0, 0.1) is 5.92 Å². The van der Waals surface area contributed by atoms with Crippen molar-refractivity contribution in [1.29, 1.82) is 0 Å². The number of halogens is 3. The summed E-state index contributed by atoms with van der Waals surface area (Å²) in [4.78, 5) is 11.0. The van der Waals surface area contributed by atoms with Gasteiger partial charge in [0, 0.05) is 12.0 Å². The highest BCUT2D eigenvalue weighted by molar-refractivity contribution is 5.84. The number of aromatic nitrogens is 2. The van der Waals surface area contributed by atoms with Gasteiger partial charge in [-0.1, -0.05) is 24.3 Å². The number of aromatic carboxylic acids is 1. The Hall–Kier alpha value is -2.51. The van der Waals surface area contributed by atoms with E-state index in [0.29, 0.717) is 12.8 Å². The average Bonchev–Trinajstić information content (AvgIpc) is 2.95. The predicted molar refractivity (Wildman–Crippen MR) is 76.3 cm³/mol. The summed E-state index contributed by atoms with van der Waals surface area (Å²) in [6.07, 6.45) is -3.63. The number of hydrogen-bond acceptors (Lipinski definition) is 4. The topological polar surface area (TPSA) is 70.0 Å². The van der Waals surface area contributed by atoms with Crippen molar-refractivity contribution in [2.75, 3.05) is 5.32 Å². The summed E-state index contributed by atoms with van der Waals surface area (Å²) in [5, 5.41) is 17.7. The molecular formula is C16H13F3N3O2-. The van der Waals surface area contributed by atoms with E-state index in [1.165, 1.54) is 0 Å². The van der Waals surface area contributed by atoms with E-state index in [1.54, 1.807) is 6.07 Å². The zero-order chi connectivity index (χ0) is 17.1. The van der Waals surface area contributed by atoms with Gasteiger partial charge in [-0.3, -0.25) is 0 Å². The Balaban J connectivity index is 1.87. The van der Waals surface area contributed by atoms with Gasteiger partial charge in [-0.2, -0.15) is 18.3 Å². The molecule has 1 aliphatic heterocycles. The lowest BCUT2D eigenvalue weighted by atomic mass is 9.75. The van der Waals surface area contributed by atoms with E-state index < -0.39 is 35.8 Å². The van der Waals surface area contributed by atoms with Gasteiger partial charge >= 0.3 is 6.18 Å². The monoisotopic (exact) mass is 336 g/mol. The van der Waals surface area contributed by atoms with Crippen LogP contribution in [0.2, 0.25) is 0 Å². The molecule has 24 heavy (non-hydrogen) atoms. The number of carboxylic acids is 1. The minimum atomic E-state index is -4.53. The fourth-order valence-electron chi connectivity index (χ4n) is 3.85. The zero-order valence-electron chi connectivity index (χ0n) is 12.4. The molecule has 0 saturated carbocycles.